The minimum absolute atomic E-state index is 0.00777. The van der Waals surface area contributed by atoms with Gasteiger partial charge in [0.15, 0.2) is 0 Å². The number of alkyl carbamates (subject to hydrolysis) is 1. The maximum Gasteiger partial charge on any atom is 0.407 e. The predicted molar refractivity (Wildman–Crippen MR) is 193 cm³/mol. The highest BCUT2D eigenvalue weighted by molar-refractivity contribution is 5.89. The van der Waals surface area contributed by atoms with E-state index >= 15 is 0 Å². The molecule has 0 bridgehead atoms. The lowest BCUT2D eigenvalue weighted by Crippen LogP contribution is -2.57. The van der Waals surface area contributed by atoms with Crippen molar-refractivity contribution in [1.82, 2.24) is 21.3 Å². The van der Waals surface area contributed by atoms with Crippen molar-refractivity contribution in [3.05, 3.63) is 108 Å². The number of aliphatic hydroxyl groups is 3. The molecule has 0 aliphatic rings. The van der Waals surface area contributed by atoms with E-state index in [1.807, 2.05) is 91.0 Å². The summed E-state index contributed by atoms with van der Waals surface area (Å²) in [6, 6.07) is 25.5. The Hall–Kier alpha value is -4.29. The van der Waals surface area contributed by atoms with Crippen LogP contribution >= 0.6 is 0 Å². The Morgan fingerprint density at radius 1 is 0.620 bits per heavy atom. The topological polar surface area (TPSA) is 169 Å². The third kappa shape index (κ3) is 14.3. The molecule has 0 saturated heterocycles. The van der Waals surface area contributed by atoms with Crippen molar-refractivity contribution < 1.29 is 34.4 Å². The predicted octanol–water partition coefficient (Wildman–Crippen LogP) is 2.91. The fourth-order valence-electron chi connectivity index (χ4n) is 5.41. The van der Waals surface area contributed by atoms with Gasteiger partial charge in [-0.2, -0.15) is 0 Å². The second-order valence-electron chi connectivity index (χ2n) is 14.0. The van der Waals surface area contributed by atoms with E-state index in [0.717, 1.165) is 16.7 Å². The van der Waals surface area contributed by atoms with Crippen LogP contribution in [0.15, 0.2) is 91.0 Å². The van der Waals surface area contributed by atoms with E-state index in [2.05, 4.69) is 21.3 Å². The highest BCUT2D eigenvalue weighted by Crippen LogP contribution is 2.13. The van der Waals surface area contributed by atoms with Gasteiger partial charge in [-0.15, -0.1) is 0 Å². The Bertz CT molecular complexity index is 1450. The van der Waals surface area contributed by atoms with Crippen LogP contribution in [0.4, 0.5) is 4.79 Å². The van der Waals surface area contributed by atoms with Crippen molar-refractivity contribution in [2.45, 2.75) is 95.9 Å². The highest BCUT2D eigenvalue weighted by Gasteiger charge is 2.31. The van der Waals surface area contributed by atoms with Crippen LogP contribution in [0.2, 0.25) is 0 Å². The van der Waals surface area contributed by atoms with Gasteiger partial charge in [-0.25, -0.2) is 4.79 Å². The van der Waals surface area contributed by atoms with Gasteiger partial charge in [-0.3, -0.25) is 9.59 Å². The second kappa shape index (κ2) is 19.8. The molecule has 0 aliphatic carbocycles. The van der Waals surface area contributed by atoms with Gasteiger partial charge in [-0.05, 0) is 56.2 Å². The molecule has 7 N–H and O–H groups in total. The van der Waals surface area contributed by atoms with Gasteiger partial charge in [0, 0.05) is 19.5 Å². The van der Waals surface area contributed by atoms with Crippen molar-refractivity contribution in [1.29, 1.82) is 0 Å². The molecule has 6 atom stereocenters. The molecule has 272 valence electrons. The summed E-state index contributed by atoms with van der Waals surface area (Å²) in [5, 5.41) is 44.6. The molecular weight excluding hydrogens is 636 g/mol. The molecule has 50 heavy (non-hydrogen) atoms. The number of rotatable bonds is 18. The monoisotopic (exact) mass is 690 g/mol. The summed E-state index contributed by atoms with van der Waals surface area (Å²) < 4.78 is 5.42. The smallest absolute Gasteiger partial charge is 0.407 e. The fraction of sp³-hybridized carbons (Fsp3) is 0.462. The number of nitrogens with one attached hydrogen (secondary N) is 4. The summed E-state index contributed by atoms with van der Waals surface area (Å²) in [7, 11) is 0. The van der Waals surface area contributed by atoms with Crippen LogP contribution in [0, 0.1) is 5.92 Å². The van der Waals surface area contributed by atoms with Gasteiger partial charge in [0.2, 0.25) is 11.8 Å². The summed E-state index contributed by atoms with van der Waals surface area (Å²) in [4.78, 5) is 39.2. The van der Waals surface area contributed by atoms with E-state index in [4.69, 9.17) is 4.74 Å². The van der Waals surface area contributed by atoms with Crippen molar-refractivity contribution in [2.75, 3.05) is 13.1 Å². The maximum atomic E-state index is 13.6. The molecule has 3 amide bonds. The first-order valence-electron chi connectivity index (χ1n) is 17.2. The Morgan fingerprint density at radius 3 is 1.46 bits per heavy atom. The minimum atomic E-state index is -1.34. The quantitative estimate of drug-likeness (QED) is 0.107. The molecule has 0 heterocycles. The van der Waals surface area contributed by atoms with Crippen LogP contribution in [0.3, 0.4) is 0 Å². The van der Waals surface area contributed by atoms with Crippen LogP contribution in [-0.4, -0.2) is 88.4 Å². The maximum absolute atomic E-state index is 13.6. The van der Waals surface area contributed by atoms with Gasteiger partial charge in [0.05, 0.1) is 24.3 Å². The minimum Gasteiger partial charge on any atom is -0.444 e. The molecule has 0 unspecified atom stereocenters. The van der Waals surface area contributed by atoms with E-state index in [1.165, 1.54) is 0 Å². The number of amides is 3. The van der Waals surface area contributed by atoms with Crippen LogP contribution in [0.1, 0.15) is 51.3 Å². The van der Waals surface area contributed by atoms with E-state index < -0.39 is 59.9 Å². The summed E-state index contributed by atoms with van der Waals surface area (Å²) >= 11 is 0. The number of benzene rings is 3. The van der Waals surface area contributed by atoms with Crippen molar-refractivity contribution >= 4 is 17.9 Å². The summed E-state index contributed by atoms with van der Waals surface area (Å²) in [6.45, 7) is 8.89. The zero-order chi connectivity index (χ0) is 36.7. The molecule has 3 aromatic rings. The standard InChI is InChI=1S/C39H54N4O7/c1-26(2)35(43-36(47)32(44)23-29-19-13-8-14-20-29)37(48)41-30(21-27-15-9-6-10-16-27)33(45)24-40-25-34(46)31(22-28-17-11-7-12-18-28)42-38(49)50-39(3,4)5/h6-20,26,30-35,40,44-46H,21-25H2,1-5H3,(H,41,48)(H,42,49)(H,43,47)/t30-,31-,32+,33+,34+,35-/m0/s1. The first-order valence-corrected chi connectivity index (χ1v) is 17.2. The Balaban J connectivity index is 1.67. The molecule has 0 radical (unpaired) electrons. The van der Waals surface area contributed by atoms with E-state index in [9.17, 15) is 29.7 Å². The van der Waals surface area contributed by atoms with Crippen LogP contribution in [0.25, 0.3) is 0 Å². The van der Waals surface area contributed by atoms with Gasteiger partial charge >= 0.3 is 6.09 Å². The zero-order valence-corrected chi connectivity index (χ0v) is 29.7. The summed E-state index contributed by atoms with van der Waals surface area (Å²) in [5.41, 5.74) is 1.87. The van der Waals surface area contributed by atoms with E-state index in [1.54, 1.807) is 34.6 Å². The molecular formula is C39H54N4O7. The number of ether oxygens (including phenoxy) is 1. The normalized spacial score (nSPS) is 15.2. The van der Waals surface area contributed by atoms with E-state index in [0.29, 0.717) is 12.8 Å². The van der Waals surface area contributed by atoms with Crippen LogP contribution < -0.4 is 21.3 Å². The molecule has 3 rings (SSSR count). The highest BCUT2D eigenvalue weighted by atomic mass is 16.6. The van der Waals surface area contributed by atoms with Gasteiger partial charge in [-0.1, -0.05) is 105 Å². The Kier molecular flexibility index (Phi) is 15.9. The lowest BCUT2D eigenvalue weighted by molar-refractivity contribution is -0.135. The molecule has 11 heteroatoms. The molecule has 11 nitrogen and oxygen atoms in total. The third-order valence-electron chi connectivity index (χ3n) is 8.08. The Morgan fingerprint density at radius 2 is 1.04 bits per heavy atom. The molecule has 0 fully saturated rings. The fourth-order valence-corrected chi connectivity index (χ4v) is 5.41. The molecule has 0 aromatic heterocycles. The lowest BCUT2D eigenvalue weighted by Gasteiger charge is -2.30. The first-order chi connectivity index (χ1) is 23.7. The first kappa shape index (κ1) is 40.1. The largest absolute Gasteiger partial charge is 0.444 e. The SMILES string of the molecule is CC(C)[C@H](NC(=O)[C@H](O)Cc1ccccc1)C(=O)N[C@@H](Cc1ccccc1)[C@H](O)CNC[C@@H](O)[C@H](Cc1ccccc1)NC(=O)OC(C)(C)C. The van der Waals surface area contributed by atoms with Crippen molar-refractivity contribution in [2.24, 2.45) is 5.92 Å². The molecule has 3 aromatic carbocycles. The summed E-state index contributed by atoms with van der Waals surface area (Å²) in [5.74, 6) is -1.47. The third-order valence-corrected chi connectivity index (χ3v) is 8.08. The second-order valence-corrected chi connectivity index (χ2v) is 14.0. The molecule has 0 spiro atoms. The van der Waals surface area contributed by atoms with Gasteiger partial charge < -0.3 is 41.3 Å². The number of carbonyl (C=O) groups excluding carboxylic acids is 3. The average Bonchev–Trinajstić information content (AvgIpc) is 3.06. The van der Waals surface area contributed by atoms with Crippen LogP contribution in [-0.2, 0) is 33.6 Å². The number of aliphatic hydroxyl groups excluding tert-OH is 3. The van der Waals surface area contributed by atoms with Gasteiger partial charge in [0.1, 0.15) is 17.7 Å². The average molecular weight is 691 g/mol. The van der Waals surface area contributed by atoms with Gasteiger partial charge in [0.25, 0.3) is 0 Å². The Labute approximate surface area is 295 Å². The molecule has 0 aliphatic heterocycles. The summed E-state index contributed by atoms with van der Waals surface area (Å²) in [6.07, 6.45) is -3.38. The number of carbonyl (C=O) groups is 3. The lowest BCUT2D eigenvalue weighted by atomic mass is 9.98. The number of hydrogen-bond donors (Lipinski definition) is 7. The van der Waals surface area contributed by atoms with Crippen LogP contribution in [0.5, 0.6) is 0 Å². The van der Waals surface area contributed by atoms with Crippen molar-refractivity contribution in [3.8, 4) is 0 Å². The number of hydrogen-bond acceptors (Lipinski definition) is 8. The van der Waals surface area contributed by atoms with Crippen molar-refractivity contribution in [3.63, 3.8) is 0 Å². The zero-order valence-electron chi connectivity index (χ0n) is 29.7. The van der Waals surface area contributed by atoms with E-state index in [-0.39, 0.29) is 25.4 Å². The molecule has 0 saturated carbocycles.